The smallest absolute Gasteiger partial charge is 0.251 e. The maximum atomic E-state index is 12.0. The summed E-state index contributed by atoms with van der Waals surface area (Å²) in [6, 6.07) is 5.32. The molecule has 2 N–H and O–H groups in total. The molecular formula is C14H14N4O2. The van der Waals surface area contributed by atoms with Crippen LogP contribution in [0.5, 0.6) is 0 Å². The second-order valence-corrected chi connectivity index (χ2v) is 4.39. The number of carbonyl (C=O) groups is 1. The van der Waals surface area contributed by atoms with Gasteiger partial charge in [-0.05, 0) is 18.2 Å². The van der Waals surface area contributed by atoms with Crippen LogP contribution in [-0.4, -0.2) is 20.9 Å². The predicted molar refractivity (Wildman–Crippen MR) is 73.1 cm³/mol. The van der Waals surface area contributed by atoms with Crippen molar-refractivity contribution in [3.05, 3.63) is 47.9 Å². The van der Waals surface area contributed by atoms with Crippen LogP contribution in [0, 0.1) is 0 Å². The lowest BCUT2D eigenvalue weighted by molar-refractivity contribution is 0.0947. The Morgan fingerprint density at radius 3 is 3.10 bits per heavy atom. The number of hydrogen-bond acceptors (Lipinski definition) is 4. The average molecular weight is 270 g/mol. The lowest BCUT2D eigenvalue weighted by Gasteiger charge is -2.02. The van der Waals surface area contributed by atoms with E-state index in [9.17, 15) is 4.79 Å². The van der Waals surface area contributed by atoms with Gasteiger partial charge in [0, 0.05) is 12.0 Å². The van der Waals surface area contributed by atoms with Gasteiger partial charge >= 0.3 is 0 Å². The van der Waals surface area contributed by atoms with E-state index in [1.807, 2.05) is 6.92 Å². The van der Waals surface area contributed by atoms with Crippen LogP contribution < -0.4 is 5.32 Å². The van der Waals surface area contributed by atoms with Crippen LogP contribution >= 0.6 is 0 Å². The highest BCUT2D eigenvalue weighted by atomic mass is 16.4. The molecule has 0 aliphatic carbocycles. The molecule has 0 aliphatic heterocycles. The Labute approximate surface area is 115 Å². The van der Waals surface area contributed by atoms with Crippen LogP contribution in [0.15, 0.2) is 35.1 Å². The number of H-pyrrole nitrogens is 1. The first-order valence-corrected chi connectivity index (χ1v) is 6.41. The summed E-state index contributed by atoms with van der Waals surface area (Å²) >= 11 is 0. The van der Waals surface area contributed by atoms with Crippen molar-refractivity contribution in [2.45, 2.75) is 19.9 Å². The number of aryl methyl sites for hydroxylation is 1. The highest BCUT2D eigenvalue weighted by Gasteiger charge is 2.09. The molecule has 0 bridgehead atoms. The summed E-state index contributed by atoms with van der Waals surface area (Å²) in [6.07, 6.45) is 4.07. The monoisotopic (exact) mass is 270 g/mol. The molecule has 0 saturated carbocycles. The van der Waals surface area contributed by atoms with Crippen molar-refractivity contribution in [1.29, 1.82) is 0 Å². The topological polar surface area (TPSA) is 83.8 Å². The van der Waals surface area contributed by atoms with Gasteiger partial charge in [-0.3, -0.25) is 4.79 Å². The Morgan fingerprint density at radius 1 is 1.40 bits per heavy atom. The van der Waals surface area contributed by atoms with Gasteiger partial charge in [0.15, 0.2) is 0 Å². The maximum Gasteiger partial charge on any atom is 0.251 e. The standard InChI is InChI=1S/C14H14N4O2/c1-2-10-6-15-13(20-10)7-16-14(19)9-3-4-11-12(5-9)18-8-17-11/h3-6,8H,2,7H2,1H3,(H,16,19)(H,17,18). The zero-order valence-electron chi connectivity index (χ0n) is 11.0. The van der Waals surface area contributed by atoms with Gasteiger partial charge in [-0.25, -0.2) is 9.97 Å². The molecule has 3 rings (SSSR count). The molecule has 0 saturated heterocycles. The van der Waals surface area contributed by atoms with E-state index < -0.39 is 0 Å². The summed E-state index contributed by atoms with van der Waals surface area (Å²) in [5.74, 6) is 1.16. The first-order chi connectivity index (χ1) is 9.76. The van der Waals surface area contributed by atoms with Crippen molar-refractivity contribution in [3.8, 4) is 0 Å². The van der Waals surface area contributed by atoms with E-state index in [0.717, 1.165) is 23.2 Å². The van der Waals surface area contributed by atoms with Gasteiger partial charge in [0.05, 0.1) is 30.1 Å². The van der Waals surface area contributed by atoms with Gasteiger partial charge in [-0.2, -0.15) is 0 Å². The number of hydrogen-bond donors (Lipinski definition) is 2. The van der Waals surface area contributed by atoms with E-state index in [0.29, 0.717) is 11.5 Å². The molecule has 0 fully saturated rings. The van der Waals surface area contributed by atoms with Crippen molar-refractivity contribution in [2.75, 3.05) is 0 Å². The lowest BCUT2D eigenvalue weighted by atomic mass is 10.2. The molecule has 2 aromatic heterocycles. The lowest BCUT2D eigenvalue weighted by Crippen LogP contribution is -2.22. The third-order valence-corrected chi connectivity index (χ3v) is 3.03. The molecule has 6 heteroatoms. The Bertz CT molecular complexity index is 744. The third-order valence-electron chi connectivity index (χ3n) is 3.03. The Balaban J connectivity index is 1.69. The molecule has 20 heavy (non-hydrogen) atoms. The third kappa shape index (κ3) is 2.40. The fourth-order valence-electron chi connectivity index (χ4n) is 1.93. The number of aromatic nitrogens is 3. The predicted octanol–water partition coefficient (Wildman–Crippen LogP) is 2.04. The van der Waals surface area contributed by atoms with Crippen LogP contribution in [0.1, 0.15) is 28.9 Å². The number of rotatable bonds is 4. The van der Waals surface area contributed by atoms with Gasteiger partial charge < -0.3 is 14.7 Å². The molecule has 0 spiro atoms. The van der Waals surface area contributed by atoms with Crippen molar-refractivity contribution in [1.82, 2.24) is 20.3 Å². The molecule has 2 heterocycles. The Morgan fingerprint density at radius 2 is 2.30 bits per heavy atom. The first kappa shape index (κ1) is 12.4. The number of aromatic amines is 1. The number of benzene rings is 1. The molecule has 0 atom stereocenters. The summed E-state index contributed by atoms with van der Waals surface area (Å²) in [5.41, 5.74) is 2.24. The van der Waals surface area contributed by atoms with Crippen molar-refractivity contribution < 1.29 is 9.21 Å². The normalized spacial score (nSPS) is 10.8. The summed E-state index contributed by atoms with van der Waals surface area (Å²) < 4.78 is 5.43. The number of nitrogens with zero attached hydrogens (tertiary/aromatic N) is 2. The van der Waals surface area contributed by atoms with E-state index in [4.69, 9.17) is 4.42 Å². The maximum absolute atomic E-state index is 12.0. The van der Waals surface area contributed by atoms with Crippen LogP contribution in [0.2, 0.25) is 0 Å². The van der Waals surface area contributed by atoms with E-state index in [2.05, 4.69) is 20.3 Å². The highest BCUT2D eigenvalue weighted by Crippen LogP contribution is 2.11. The number of nitrogens with one attached hydrogen (secondary N) is 2. The van der Waals surface area contributed by atoms with E-state index in [1.165, 1.54) is 0 Å². The van der Waals surface area contributed by atoms with Crippen LogP contribution in [-0.2, 0) is 13.0 Å². The van der Waals surface area contributed by atoms with Crippen LogP contribution in [0.4, 0.5) is 0 Å². The van der Waals surface area contributed by atoms with Gasteiger partial charge in [0.2, 0.25) is 5.89 Å². The molecule has 102 valence electrons. The quantitative estimate of drug-likeness (QED) is 0.760. The SMILES string of the molecule is CCc1cnc(CNC(=O)c2ccc3nc[nH]c3c2)o1. The zero-order chi connectivity index (χ0) is 13.9. The molecule has 0 aliphatic rings. The molecule has 1 aromatic carbocycles. The molecule has 6 nitrogen and oxygen atoms in total. The number of imidazole rings is 1. The van der Waals surface area contributed by atoms with Gasteiger partial charge in [-0.1, -0.05) is 6.92 Å². The molecule has 0 radical (unpaired) electrons. The zero-order valence-corrected chi connectivity index (χ0v) is 11.0. The minimum atomic E-state index is -0.169. The molecular weight excluding hydrogens is 256 g/mol. The summed E-state index contributed by atoms with van der Waals surface area (Å²) in [5, 5.41) is 2.78. The van der Waals surface area contributed by atoms with E-state index in [1.54, 1.807) is 30.7 Å². The largest absolute Gasteiger partial charge is 0.444 e. The van der Waals surface area contributed by atoms with Crippen molar-refractivity contribution >= 4 is 16.9 Å². The van der Waals surface area contributed by atoms with E-state index >= 15 is 0 Å². The molecule has 0 unspecified atom stereocenters. The molecule has 3 aromatic rings. The van der Waals surface area contributed by atoms with Gasteiger partial charge in [-0.15, -0.1) is 0 Å². The van der Waals surface area contributed by atoms with Crippen LogP contribution in [0.3, 0.4) is 0 Å². The minimum absolute atomic E-state index is 0.169. The minimum Gasteiger partial charge on any atom is -0.444 e. The number of amides is 1. The Hall–Kier alpha value is -2.63. The van der Waals surface area contributed by atoms with Crippen molar-refractivity contribution in [2.24, 2.45) is 0 Å². The van der Waals surface area contributed by atoms with Crippen molar-refractivity contribution in [3.63, 3.8) is 0 Å². The second kappa shape index (κ2) is 5.16. The van der Waals surface area contributed by atoms with Gasteiger partial charge in [0.25, 0.3) is 5.91 Å². The summed E-state index contributed by atoms with van der Waals surface area (Å²) in [7, 11) is 0. The van der Waals surface area contributed by atoms with Gasteiger partial charge in [0.1, 0.15) is 5.76 Å². The number of carbonyl (C=O) groups excluding carboxylic acids is 1. The number of oxazole rings is 1. The highest BCUT2D eigenvalue weighted by molar-refractivity contribution is 5.97. The first-order valence-electron chi connectivity index (χ1n) is 6.41. The summed E-state index contributed by atoms with van der Waals surface area (Å²) in [6.45, 7) is 2.27. The number of fused-ring (bicyclic) bond motifs is 1. The van der Waals surface area contributed by atoms with E-state index in [-0.39, 0.29) is 12.5 Å². The second-order valence-electron chi connectivity index (χ2n) is 4.39. The fourth-order valence-corrected chi connectivity index (χ4v) is 1.93. The fraction of sp³-hybridized carbons (Fsp3) is 0.214. The Kier molecular flexibility index (Phi) is 3.20. The van der Waals surface area contributed by atoms with Crippen LogP contribution in [0.25, 0.3) is 11.0 Å². The summed E-state index contributed by atoms with van der Waals surface area (Å²) in [4.78, 5) is 23.2. The average Bonchev–Trinajstić information content (AvgIpc) is 3.12. The molecule has 1 amide bonds.